The Morgan fingerprint density at radius 1 is 1.79 bits per heavy atom. The lowest BCUT2D eigenvalue weighted by Gasteiger charge is -1.85. The lowest BCUT2D eigenvalue weighted by atomic mass is 10.6. The Bertz CT molecular complexity index is 313. The Hall–Kier alpha value is -1.61. The Labute approximate surface area is 86.0 Å². The van der Waals surface area contributed by atoms with Crippen molar-refractivity contribution in [3.63, 3.8) is 0 Å². The van der Waals surface area contributed by atoms with Crippen molar-refractivity contribution in [2.75, 3.05) is 6.54 Å². The predicted molar refractivity (Wildman–Crippen MR) is 53.2 cm³/mol. The maximum atomic E-state index is 9.50. The Morgan fingerprint density at radius 3 is 2.57 bits per heavy atom. The molecule has 1 heterocycles. The first-order valence-electron chi connectivity index (χ1n) is 3.78. The van der Waals surface area contributed by atoms with Crippen LogP contribution in [0.4, 0.5) is 4.79 Å². The first-order valence-corrected chi connectivity index (χ1v) is 4.66. The van der Waals surface area contributed by atoms with Gasteiger partial charge in [-0.3, -0.25) is 0 Å². The zero-order valence-electron chi connectivity index (χ0n) is 7.94. The van der Waals surface area contributed by atoms with Gasteiger partial charge in [-0.15, -0.1) is 11.3 Å². The molecule has 0 fully saturated rings. The van der Waals surface area contributed by atoms with Crippen molar-refractivity contribution >= 4 is 17.4 Å². The predicted octanol–water partition coefficient (Wildman–Crippen LogP) is 1.54. The number of hydrogen-bond donors (Lipinski definition) is 2. The first kappa shape index (κ1) is 12.4. The van der Waals surface area contributed by atoms with E-state index in [2.05, 4.69) is 10.4 Å². The first-order chi connectivity index (χ1) is 6.56. The molecule has 0 radical (unpaired) electrons. The third kappa shape index (κ3) is 7.06. The maximum Gasteiger partial charge on any atom is 0.405 e. The van der Waals surface area contributed by atoms with E-state index in [1.807, 2.05) is 19.2 Å². The van der Waals surface area contributed by atoms with E-state index in [0.717, 1.165) is 10.7 Å². The summed E-state index contributed by atoms with van der Waals surface area (Å²) in [5.74, 6) is 0. The monoisotopic (exact) mass is 213 g/mol. The fraction of sp³-hybridized carbons (Fsp3) is 0.375. The van der Waals surface area contributed by atoms with Crippen LogP contribution in [-0.4, -0.2) is 22.7 Å². The van der Waals surface area contributed by atoms with E-state index in [1.165, 1.54) is 0 Å². The van der Waals surface area contributed by atoms with Gasteiger partial charge in [-0.1, -0.05) is 0 Å². The van der Waals surface area contributed by atoms with Crippen LogP contribution in [0.3, 0.4) is 0 Å². The fourth-order valence-electron chi connectivity index (χ4n) is 0.587. The van der Waals surface area contributed by atoms with Gasteiger partial charge in [-0.2, -0.15) is 5.26 Å². The number of rotatable bonds is 1. The molecular formula is C8H11N3O2S. The van der Waals surface area contributed by atoms with Gasteiger partial charge in [-0.05, 0) is 13.8 Å². The zero-order chi connectivity index (χ0) is 11.0. The summed E-state index contributed by atoms with van der Waals surface area (Å²) in [5, 5.41) is 20.6. The molecule has 0 unspecified atom stereocenters. The number of hydrogen-bond acceptors (Lipinski definition) is 4. The van der Waals surface area contributed by atoms with E-state index >= 15 is 0 Å². The second-order valence-corrected chi connectivity index (χ2v) is 3.39. The van der Waals surface area contributed by atoms with Crippen LogP contribution in [0, 0.1) is 25.2 Å². The van der Waals surface area contributed by atoms with Crippen molar-refractivity contribution in [2.24, 2.45) is 0 Å². The Balaban J connectivity index is 0.000000241. The lowest BCUT2D eigenvalue weighted by molar-refractivity contribution is 0.196. The summed E-state index contributed by atoms with van der Waals surface area (Å²) in [7, 11) is 0. The average Bonchev–Trinajstić information content (AvgIpc) is 2.47. The molecule has 76 valence electrons. The molecule has 0 atom stereocenters. The van der Waals surface area contributed by atoms with Gasteiger partial charge in [0.2, 0.25) is 0 Å². The summed E-state index contributed by atoms with van der Waals surface area (Å²) >= 11 is 1.69. The average molecular weight is 213 g/mol. The quantitative estimate of drug-likeness (QED) is 0.693. The largest absolute Gasteiger partial charge is 0.465 e. The van der Waals surface area contributed by atoms with Crippen LogP contribution in [0.25, 0.3) is 0 Å². The molecule has 0 saturated heterocycles. The minimum atomic E-state index is -1.17. The van der Waals surface area contributed by atoms with E-state index < -0.39 is 6.09 Å². The molecule has 0 aromatic carbocycles. The standard InChI is InChI=1S/C5H7NS.C3H4N2O2/c1-4-3-7-5(2)6-4;4-1-2-5-3(6)7/h3H,1-2H3;5H,2H2,(H,6,7). The number of amides is 1. The molecule has 5 nitrogen and oxygen atoms in total. The molecule has 0 aliphatic carbocycles. The molecular weight excluding hydrogens is 202 g/mol. The van der Waals surface area contributed by atoms with Crippen LogP contribution in [0.1, 0.15) is 10.7 Å². The molecule has 0 aliphatic rings. The molecule has 0 saturated carbocycles. The summed E-state index contributed by atoms with van der Waals surface area (Å²) in [6.07, 6.45) is -1.17. The van der Waals surface area contributed by atoms with E-state index in [4.69, 9.17) is 10.4 Å². The number of thiazole rings is 1. The smallest absolute Gasteiger partial charge is 0.405 e. The molecule has 1 aromatic rings. The molecule has 0 spiro atoms. The molecule has 1 rings (SSSR count). The van der Waals surface area contributed by atoms with Crippen LogP contribution < -0.4 is 5.32 Å². The number of nitrogens with one attached hydrogen (secondary N) is 1. The minimum absolute atomic E-state index is 0.144. The normalized spacial score (nSPS) is 8.07. The van der Waals surface area contributed by atoms with Gasteiger partial charge in [0.05, 0.1) is 11.1 Å². The molecule has 1 amide bonds. The number of carbonyl (C=O) groups is 1. The highest BCUT2D eigenvalue weighted by Gasteiger charge is 1.86. The molecule has 14 heavy (non-hydrogen) atoms. The molecule has 0 aliphatic heterocycles. The SMILES string of the molecule is Cc1csc(C)n1.N#CCNC(=O)O. The molecule has 6 heteroatoms. The van der Waals surface area contributed by atoms with Crippen molar-refractivity contribution < 1.29 is 9.90 Å². The van der Waals surface area contributed by atoms with Crippen molar-refractivity contribution in [1.29, 1.82) is 5.26 Å². The van der Waals surface area contributed by atoms with Crippen molar-refractivity contribution in [3.05, 3.63) is 16.1 Å². The van der Waals surface area contributed by atoms with E-state index in [1.54, 1.807) is 17.4 Å². The lowest BCUT2D eigenvalue weighted by Crippen LogP contribution is -2.20. The summed E-state index contributed by atoms with van der Waals surface area (Å²) < 4.78 is 0. The zero-order valence-corrected chi connectivity index (χ0v) is 8.76. The number of carboxylic acid groups (broad SMARTS) is 1. The number of nitriles is 1. The number of aryl methyl sites for hydroxylation is 2. The van der Waals surface area contributed by atoms with Crippen LogP contribution in [0.2, 0.25) is 0 Å². The van der Waals surface area contributed by atoms with Crippen LogP contribution >= 0.6 is 11.3 Å². The highest BCUT2D eigenvalue weighted by Crippen LogP contribution is 2.04. The summed E-state index contributed by atoms with van der Waals surface area (Å²) in [4.78, 5) is 13.6. The van der Waals surface area contributed by atoms with Crippen LogP contribution in [-0.2, 0) is 0 Å². The second-order valence-electron chi connectivity index (χ2n) is 2.32. The molecule has 2 N–H and O–H groups in total. The number of nitrogens with zero attached hydrogens (tertiary/aromatic N) is 2. The third-order valence-electron chi connectivity index (χ3n) is 1.05. The fourth-order valence-corrected chi connectivity index (χ4v) is 1.18. The Morgan fingerprint density at radius 2 is 2.43 bits per heavy atom. The van der Waals surface area contributed by atoms with Crippen molar-refractivity contribution in [3.8, 4) is 6.07 Å². The van der Waals surface area contributed by atoms with Gasteiger partial charge in [0.1, 0.15) is 6.54 Å². The summed E-state index contributed by atoms with van der Waals surface area (Å²) in [6, 6.07) is 1.61. The molecule has 1 aromatic heterocycles. The summed E-state index contributed by atoms with van der Waals surface area (Å²) in [5.41, 5.74) is 1.13. The van der Waals surface area contributed by atoms with Gasteiger partial charge >= 0.3 is 6.09 Å². The second kappa shape index (κ2) is 6.86. The molecule has 0 bridgehead atoms. The minimum Gasteiger partial charge on any atom is -0.465 e. The summed E-state index contributed by atoms with van der Waals surface area (Å²) in [6.45, 7) is 3.87. The number of aromatic nitrogens is 1. The Kier molecular flexibility index (Phi) is 6.07. The highest BCUT2D eigenvalue weighted by molar-refractivity contribution is 7.09. The van der Waals surface area contributed by atoms with Crippen molar-refractivity contribution in [2.45, 2.75) is 13.8 Å². The van der Waals surface area contributed by atoms with Gasteiger partial charge in [0, 0.05) is 11.1 Å². The maximum absolute atomic E-state index is 9.50. The van der Waals surface area contributed by atoms with Gasteiger partial charge in [-0.25, -0.2) is 9.78 Å². The van der Waals surface area contributed by atoms with Gasteiger partial charge in [0.25, 0.3) is 0 Å². The van der Waals surface area contributed by atoms with Crippen LogP contribution in [0.15, 0.2) is 5.38 Å². The van der Waals surface area contributed by atoms with Crippen LogP contribution in [0.5, 0.6) is 0 Å². The van der Waals surface area contributed by atoms with E-state index in [-0.39, 0.29) is 6.54 Å². The van der Waals surface area contributed by atoms with Gasteiger partial charge in [0.15, 0.2) is 0 Å². The van der Waals surface area contributed by atoms with Crippen molar-refractivity contribution in [1.82, 2.24) is 10.3 Å². The third-order valence-corrected chi connectivity index (χ3v) is 1.94. The highest BCUT2D eigenvalue weighted by atomic mass is 32.1. The van der Waals surface area contributed by atoms with Gasteiger partial charge < -0.3 is 10.4 Å². The van der Waals surface area contributed by atoms with E-state index in [0.29, 0.717) is 0 Å². The topological polar surface area (TPSA) is 86.0 Å². The van der Waals surface area contributed by atoms with E-state index in [9.17, 15) is 4.79 Å².